The van der Waals surface area contributed by atoms with Crippen LogP contribution in [-0.2, 0) is 24.5 Å². The highest BCUT2D eigenvalue weighted by atomic mass is 32.2. The fraction of sp³-hybridized carbons (Fsp3) is 0.688. The zero-order chi connectivity index (χ0) is 18.4. The lowest BCUT2D eigenvalue weighted by atomic mass is 10.0. The molecule has 0 radical (unpaired) electrons. The summed E-state index contributed by atoms with van der Waals surface area (Å²) >= 11 is 1.49. The van der Waals surface area contributed by atoms with E-state index in [9.17, 15) is 13.2 Å². The van der Waals surface area contributed by atoms with Crippen LogP contribution in [0, 0.1) is 0 Å². The molecule has 1 amide bonds. The van der Waals surface area contributed by atoms with Gasteiger partial charge in [0.05, 0.1) is 19.3 Å². The average Bonchev–Trinajstić information content (AvgIpc) is 3.30. The summed E-state index contributed by atoms with van der Waals surface area (Å²) < 4.78 is 40.2. The molecule has 0 unspecified atom stereocenters. The van der Waals surface area contributed by atoms with Crippen molar-refractivity contribution >= 4 is 27.5 Å². The lowest BCUT2D eigenvalue weighted by Crippen LogP contribution is -2.59. The van der Waals surface area contributed by atoms with E-state index in [1.165, 1.54) is 18.4 Å². The van der Waals surface area contributed by atoms with Crippen LogP contribution in [-0.4, -0.2) is 68.7 Å². The SMILES string of the molecule is CN1[C@@H](C(=O)N2CCC3(CC2)OCCO3)C[C@@H](c2cccs2)NS1(=O)=O. The Labute approximate surface area is 157 Å². The monoisotopic (exact) mass is 401 g/mol. The second-order valence-electron chi connectivity index (χ2n) is 6.89. The molecule has 2 atom stereocenters. The van der Waals surface area contributed by atoms with Gasteiger partial charge in [-0.25, -0.2) is 0 Å². The standard InChI is InChI=1S/C16H23N3O5S2/c1-18-13(11-12(17-26(18,21)22)14-3-2-10-25-14)15(20)19-6-4-16(5-7-19)23-8-9-24-16/h2-3,10,12-13,17H,4-9,11H2,1H3/t12-,13+/m0/s1. The maximum Gasteiger partial charge on any atom is 0.280 e. The van der Waals surface area contributed by atoms with Crippen LogP contribution in [0.5, 0.6) is 0 Å². The van der Waals surface area contributed by atoms with Gasteiger partial charge in [-0.15, -0.1) is 11.3 Å². The number of amides is 1. The summed E-state index contributed by atoms with van der Waals surface area (Å²) in [6.07, 6.45) is 1.66. The van der Waals surface area contributed by atoms with Crippen LogP contribution in [0.3, 0.4) is 0 Å². The molecule has 3 aliphatic rings. The number of thiophene rings is 1. The molecular weight excluding hydrogens is 378 g/mol. The molecule has 3 saturated heterocycles. The summed E-state index contributed by atoms with van der Waals surface area (Å²) in [6.45, 7) is 2.21. The number of likely N-dealkylation sites (N-methyl/N-ethyl adjacent to an activating group) is 1. The Bertz CT molecular complexity index is 751. The second-order valence-corrected chi connectivity index (χ2v) is 9.63. The van der Waals surface area contributed by atoms with Crippen molar-refractivity contribution in [2.24, 2.45) is 0 Å². The summed E-state index contributed by atoms with van der Waals surface area (Å²) in [5.41, 5.74) is 0. The Balaban J connectivity index is 1.49. The van der Waals surface area contributed by atoms with Gasteiger partial charge in [0.2, 0.25) is 5.91 Å². The van der Waals surface area contributed by atoms with E-state index in [0.29, 0.717) is 45.6 Å². The van der Waals surface area contributed by atoms with Crippen LogP contribution in [0.1, 0.15) is 30.2 Å². The molecule has 0 aliphatic carbocycles. The first-order valence-electron chi connectivity index (χ1n) is 8.76. The lowest BCUT2D eigenvalue weighted by molar-refractivity contribution is -0.188. The Morgan fingerprint density at radius 3 is 2.62 bits per heavy atom. The van der Waals surface area contributed by atoms with Crippen molar-refractivity contribution in [2.75, 3.05) is 33.4 Å². The zero-order valence-electron chi connectivity index (χ0n) is 14.6. The Morgan fingerprint density at radius 2 is 2.00 bits per heavy atom. The minimum Gasteiger partial charge on any atom is -0.347 e. The molecule has 3 fully saturated rings. The number of carbonyl (C=O) groups excluding carboxylic acids is 1. The molecule has 0 saturated carbocycles. The van der Waals surface area contributed by atoms with Gasteiger partial charge in [-0.1, -0.05) is 6.07 Å². The van der Waals surface area contributed by atoms with Crippen molar-refractivity contribution in [3.05, 3.63) is 22.4 Å². The van der Waals surface area contributed by atoms with Gasteiger partial charge >= 0.3 is 0 Å². The molecule has 0 aromatic carbocycles. The molecular formula is C16H23N3O5S2. The zero-order valence-corrected chi connectivity index (χ0v) is 16.2. The second kappa shape index (κ2) is 6.84. The number of nitrogens with one attached hydrogen (secondary N) is 1. The van der Waals surface area contributed by atoms with E-state index < -0.39 is 22.0 Å². The average molecular weight is 402 g/mol. The van der Waals surface area contributed by atoms with Crippen molar-refractivity contribution in [1.29, 1.82) is 0 Å². The number of piperidine rings is 1. The Morgan fingerprint density at radius 1 is 1.31 bits per heavy atom. The third-order valence-electron chi connectivity index (χ3n) is 5.39. The third-order valence-corrected chi connectivity index (χ3v) is 7.97. The maximum atomic E-state index is 13.1. The van der Waals surface area contributed by atoms with E-state index in [1.54, 1.807) is 4.90 Å². The predicted octanol–water partition coefficient (Wildman–Crippen LogP) is 0.693. The molecule has 26 heavy (non-hydrogen) atoms. The van der Waals surface area contributed by atoms with E-state index in [4.69, 9.17) is 9.47 Å². The van der Waals surface area contributed by atoms with Crippen molar-refractivity contribution in [3.8, 4) is 0 Å². The normalized spacial score (nSPS) is 31.3. The largest absolute Gasteiger partial charge is 0.347 e. The molecule has 0 bridgehead atoms. The number of hydrogen-bond donors (Lipinski definition) is 1. The Hall–Kier alpha value is -1.04. The van der Waals surface area contributed by atoms with Gasteiger partial charge in [0.1, 0.15) is 6.04 Å². The molecule has 1 aromatic heterocycles. The molecule has 1 spiro atoms. The van der Waals surface area contributed by atoms with Crippen LogP contribution >= 0.6 is 11.3 Å². The highest BCUT2D eigenvalue weighted by Crippen LogP contribution is 2.34. The number of ether oxygens (including phenoxy) is 2. The van der Waals surface area contributed by atoms with Gasteiger partial charge in [0, 0.05) is 37.9 Å². The molecule has 10 heteroatoms. The first-order chi connectivity index (χ1) is 12.4. The van der Waals surface area contributed by atoms with Gasteiger partial charge in [0.15, 0.2) is 5.79 Å². The molecule has 3 aliphatic heterocycles. The van der Waals surface area contributed by atoms with Crippen LogP contribution in [0.15, 0.2) is 17.5 Å². The van der Waals surface area contributed by atoms with E-state index >= 15 is 0 Å². The smallest absolute Gasteiger partial charge is 0.280 e. The van der Waals surface area contributed by atoms with Crippen molar-refractivity contribution < 1.29 is 22.7 Å². The van der Waals surface area contributed by atoms with Crippen molar-refractivity contribution in [1.82, 2.24) is 13.9 Å². The number of likely N-dealkylation sites (tertiary alicyclic amines) is 1. The summed E-state index contributed by atoms with van der Waals surface area (Å²) in [4.78, 5) is 15.7. The van der Waals surface area contributed by atoms with Gasteiger partial charge in [0.25, 0.3) is 10.2 Å². The number of carbonyl (C=O) groups is 1. The summed E-state index contributed by atoms with van der Waals surface area (Å²) in [5, 5.41) is 1.91. The molecule has 144 valence electrons. The van der Waals surface area contributed by atoms with E-state index in [0.717, 1.165) is 9.18 Å². The van der Waals surface area contributed by atoms with E-state index in [-0.39, 0.29) is 11.9 Å². The molecule has 8 nitrogen and oxygen atoms in total. The van der Waals surface area contributed by atoms with Crippen molar-refractivity contribution in [3.63, 3.8) is 0 Å². The summed E-state index contributed by atoms with van der Waals surface area (Å²) in [6, 6.07) is 2.70. The van der Waals surface area contributed by atoms with Crippen LogP contribution in [0.4, 0.5) is 0 Å². The highest BCUT2D eigenvalue weighted by molar-refractivity contribution is 7.87. The molecule has 4 heterocycles. The van der Waals surface area contributed by atoms with Gasteiger partial charge in [-0.05, 0) is 17.9 Å². The third kappa shape index (κ3) is 3.30. The minimum atomic E-state index is -3.70. The minimum absolute atomic E-state index is 0.146. The molecule has 1 N–H and O–H groups in total. The van der Waals surface area contributed by atoms with Crippen LogP contribution < -0.4 is 4.72 Å². The quantitative estimate of drug-likeness (QED) is 0.788. The van der Waals surface area contributed by atoms with Crippen LogP contribution in [0.2, 0.25) is 0 Å². The van der Waals surface area contributed by atoms with Crippen molar-refractivity contribution in [2.45, 2.75) is 37.1 Å². The first-order valence-corrected chi connectivity index (χ1v) is 11.1. The summed E-state index contributed by atoms with van der Waals surface area (Å²) in [7, 11) is -2.24. The lowest BCUT2D eigenvalue weighted by Gasteiger charge is -2.42. The predicted molar refractivity (Wildman–Crippen MR) is 95.7 cm³/mol. The number of rotatable bonds is 2. The van der Waals surface area contributed by atoms with Gasteiger partial charge in [-0.3, -0.25) is 4.79 Å². The first kappa shape index (κ1) is 18.3. The van der Waals surface area contributed by atoms with Gasteiger partial charge in [-0.2, -0.15) is 17.4 Å². The van der Waals surface area contributed by atoms with Gasteiger partial charge < -0.3 is 14.4 Å². The van der Waals surface area contributed by atoms with Crippen LogP contribution in [0.25, 0.3) is 0 Å². The fourth-order valence-electron chi connectivity index (χ4n) is 3.83. The molecule has 1 aromatic rings. The number of nitrogens with zero attached hydrogens (tertiary/aromatic N) is 2. The highest BCUT2D eigenvalue weighted by Gasteiger charge is 2.45. The van der Waals surface area contributed by atoms with E-state index in [1.807, 2.05) is 17.5 Å². The molecule has 4 rings (SSSR count). The topological polar surface area (TPSA) is 88.2 Å². The summed E-state index contributed by atoms with van der Waals surface area (Å²) in [5.74, 6) is -0.700. The maximum absolute atomic E-state index is 13.1. The Kier molecular flexibility index (Phi) is 4.82. The number of hydrogen-bond acceptors (Lipinski definition) is 6. The van der Waals surface area contributed by atoms with E-state index in [2.05, 4.69) is 4.72 Å². The fourth-order valence-corrected chi connectivity index (χ4v) is 5.96.